The minimum atomic E-state index is -0.335. The zero-order valence-electron chi connectivity index (χ0n) is 9.94. The van der Waals surface area contributed by atoms with Gasteiger partial charge in [-0.1, -0.05) is 6.92 Å². The number of nitrogens with one attached hydrogen (secondary N) is 1. The molecule has 5 heteroatoms. The number of rotatable bonds is 4. The van der Waals surface area contributed by atoms with Crippen molar-refractivity contribution >= 4 is 0 Å². The molecule has 90 valence electrons. The molecule has 1 N–H and O–H groups in total. The van der Waals surface area contributed by atoms with Crippen molar-refractivity contribution in [1.82, 2.24) is 20.1 Å². The highest BCUT2D eigenvalue weighted by atomic mass is 19.1. The van der Waals surface area contributed by atoms with Crippen molar-refractivity contribution in [3.8, 4) is 11.4 Å². The Balaban J connectivity index is 2.33. The van der Waals surface area contributed by atoms with Gasteiger partial charge in [-0.3, -0.25) is 9.67 Å². The van der Waals surface area contributed by atoms with Crippen molar-refractivity contribution in [3.05, 3.63) is 35.9 Å². The van der Waals surface area contributed by atoms with Crippen molar-refractivity contribution in [2.45, 2.75) is 13.5 Å². The summed E-state index contributed by atoms with van der Waals surface area (Å²) in [6.45, 7) is 3.68. The molecular formula is C12H15FN4. The van der Waals surface area contributed by atoms with Crippen molar-refractivity contribution in [3.63, 3.8) is 0 Å². The Labute approximate surface area is 99.5 Å². The first-order chi connectivity index (χ1) is 8.20. The van der Waals surface area contributed by atoms with E-state index in [0.717, 1.165) is 24.3 Å². The zero-order valence-corrected chi connectivity index (χ0v) is 9.94. The Hall–Kier alpha value is -1.75. The van der Waals surface area contributed by atoms with Crippen LogP contribution in [0.25, 0.3) is 11.4 Å². The number of aromatic nitrogens is 3. The molecule has 0 atom stereocenters. The van der Waals surface area contributed by atoms with Crippen molar-refractivity contribution < 1.29 is 4.39 Å². The topological polar surface area (TPSA) is 42.7 Å². The van der Waals surface area contributed by atoms with Gasteiger partial charge in [0.2, 0.25) is 0 Å². The van der Waals surface area contributed by atoms with Crippen LogP contribution in [0.2, 0.25) is 0 Å². The van der Waals surface area contributed by atoms with Crippen LogP contribution in [0, 0.1) is 5.82 Å². The second kappa shape index (κ2) is 5.05. The van der Waals surface area contributed by atoms with E-state index < -0.39 is 0 Å². The third kappa shape index (κ3) is 2.68. The summed E-state index contributed by atoms with van der Waals surface area (Å²) < 4.78 is 14.6. The first kappa shape index (κ1) is 11.7. The minimum Gasteiger partial charge on any atom is -0.313 e. The molecule has 0 bridgehead atoms. The van der Waals surface area contributed by atoms with Gasteiger partial charge in [0.05, 0.1) is 11.9 Å². The summed E-state index contributed by atoms with van der Waals surface area (Å²) in [7, 11) is 1.86. The maximum absolute atomic E-state index is 12.8. The minimum absolute atomic E-state index is 0.335. The number of nitrogens with zero attached hydrogens (tertiary/aromatic N) is 3. The van der Waals surface area contributed by atoms with Gasteiger partial charge in [-0.2, -0.15) is 5.10 Å². The quantitative estimate of drug-likeness (QED) is 0.876. The Bertz CT molecular complexity index is 490. The Morgan fingerprint density at radius 2 is 2.24 bits per heavy atom. The van der Waals surface area contributed by atoms with E-state index in [2.05, 4.69) is 15.4 Å². The number of aryl methyl sites for hydroxylation is 1. The molecule has 2 rings (SSSR count). The van der Waals surface area contributed by atoms with Crippen LogP contribution in [-0.2, 0) is 13.6 Å². The maximum atomic E-state index is 12.8. The molecule has 0 unspecified atom stereocenters. The molecule has 0 radical (unpaired) electrons. The van der Waals surface area contributed by atoms with Gasteiger partial charge < -0.3 is 5.32 Å². The monoisotopic (exact) mass is 234 g/mol. The van der Waals surface area contributed by atoms with Crippen molar-refractivity contribution in [2.75, 3.05) is 6.54 Å². The number of hydrogen-bond acceptors (Lipinski definition) is 3. The Kier molecular flexibility index (Phi) is 3.49. The molecule has 0 saturated heterocycles. The lowest BCUT2D eigenvalue weighted by Gasteiger charge is -2.02. The molecule has 0 saturated carbocycles. The van der Waals surface area contributed by atoms with E-state index in [1.165, 1.54) is 12.3 Å². The average Bonchev–Trinajstić information content (AvgIpc) is 2.69. The summed E-state index contributed by atoms with van der Waals surface area (Å²) in [5.74, 6) is -0.335. The van der Waals surface area contributed by atoms with Crippen LogP contribution in [0.4, 0.5) is 4.39 Å². The average molecular weight is 234 g/mol. The van der Waals surface area contributed by atoms with Crippen LogP contribution < -0.4 is 5.32 Å². The SMILES string of the molecule is CCNCc1cn(C)nc1-c1ccc(F)cn1. The third-order valence-electron chi connectivity index (χ3n) is 2.44. The highest BCUT2D eigenvalue weighted by Crippen LogP contribution is 2.19. The second-order valence-corrected chi connectivity index (χ2v) is 3.82. The van der Waals surface area contributed by atoms with E-state index >= 15 is 0 Å². The molecular weight excluding hydrogens is 219 g/mol. The number of pyridine rings is 1. The molecule has 0 aromatic carbocycles. The van der Waals surface area contributed by atoms with Crippen LogP contribution >= 0.6 is 0 Å². The third-order valence-corrected chi connectivity index (χ3v) is 2.44. The zero-order chi connectivity index (χ0) is 12.3. The van der Waals surface area contributed by atoms with Gasteiger partial charge >= 0.3 is 0 Å². The predicted molar refractivity (Wildman–Crippen MR) is 63.8 cm³/mol. The molecule has 2 heterocycles. The summed E-state index contributed by atoms with van der Waals surface area (Å²) in [4.78, 5) is 4.05. The molecule has 0 aliphatic carbocycles. The van der Waals surface area contributed by atoms with Gasteiger partial charge in [0.25, 0.3) is 0 Å². The molecule has 0 amide bonds. The molecule has 2 aromatic heterocycles. The summed E-state index contributed by atoms with van der Waals surface area (Å²) in [6, 6.07) is 3.04. The van der Waals surface area contributed by atoms with Gasteiger partial charge in [0.15, 0.2) is 0 Å². The van der Waals surface area contributed by atoms with Crippen LogP contribution in [0.15, 0.2) is 24.5 Å². The second-order valence-electron chi connectivity index (χ2n) is 3.82. The smallest absolute Gasteiger partial charge is 0.141 e. The van der Waals surface area contributed by atoms with Gasteiger partial charge in [-0.05, 0) is 18.7 Å². The fraction of sp³-hybridized carbons (Fsp3) is 0.333. The van der Waals surface area contributed by atoms with Crippen molar-refractivity contribution in [2.24, 2.45) is 7.05 Å². The molecule has 0 aliphatic rings. The van der Waals surface area contributed by atoms with Gasteiger partial charge in [0.1, 0.15) is 11.5 Å². The maximum Gasteiger partial charge on any atom is 0.141 e. The Morgan fingerprint density at radius 3 is 2.88 bits per heavy atom. The van der Waals surface area contributed by atoms with E-state index in [1.54, 1.807) is 10.7 Å². The first-order valence-electron chi connectivity index (χ1n) is 5.56. The predicted octanol–water partition coefficient (Wildman–Crippen LogP) is 1.73. The number of hydrogen-bond donors (Lipinski definition) is 1. The fourth-order valence-corrected chi connectivity index (χ4v) is 1.66. The molecule has 17 heavy (non-hydrogen) atoms. The summed E-state index contributed by atoms with van der Waals surface area (Å²) in [5, 5.41) is 7.60. The van der Waals surface area contributed by atoms with E-state index in [-0.39, 0.29) is 5.82 Å². The van der Waals surface area contributed by atoms with Gasteiger partial charge in [0, 0.05) is 25.4 Å². The standard InChI is InChI=1S/C12H15FN4/c1-3-14-6-9-8-17(2)16-12(9)11-5-4-10(13)7-15-11/h4-5,7-8,14H,3,6H2,1-2H3. The van der Waals surface area contributed by atoms with E-state index in [9.17, 15) is 4.39 Å². The lowest BCUT2D eigenvalue weighted by Crippen LogP contribution is -2.11. The first-order valence-corrected chi connectivity index (χ1v) is 5.56. The number of halogens is 1. The molecule has 0 aliphatic heterocycles. The highest BCUT2D eigenvalue weighted by Gasteiger charge is 2.10. The highest BCUT2D eigenvalue weighted by molar-refractivity contribution is 5.57. The van der Waals surface area contributed by atoms with E-state index in [0.29, 0.717) is 5.69 Å². The molecule has 2 aromatic rings. The van der Waals surface area contributed by atoms with Crippen LogP contribution in [0.1, 0.15) is 12.5 Å². The van der Waals surface area contributed by atoms with E-state index in [1.807, 2.05) is 20.2 Å². The lowest BCUT2D eigenvalue weighted by molar-refractivity contribution is 0.621. The van der Waals surface area contributed by atoms with Gasteiger partial charge in [-0.15, -0.1) is 0 Å². The Morgan fingerprint density at radius 1 is 1.41 bits per heavy atom. The van der Waals surface area contributed by atoms with E-state index in [4.69, 9.17) is 0 Å². The largest absolute Gasteiger partial charge is 0.313 e. The molecule has 0 fully saturated rings. The summed E-state index contributed by atoms with van der Waals surface area (Å²) >= 11 is 0. The molecule has 4 nitrogen and oxygen atoms in total. The molecule has 0 spiro atoms. The van der Waals surface area contributed by atoms with Crippen LogP contribution in [0.3, 0.4) is 0 Å². The lowest BCUT2D eigenvalue weighted by atomic mass is 10.2. The van der Waals surface area contributed by atoms with Crippen LogP contribution in [0.5, 0.6) is 0 Å². The summed E-state index contributed by atoms with van der Waals surface area (Å²) in [6.07, 6.45) is 3.16. The fourth-order valence-electron chi connectivity index (χ4n) is 1.66. The van der Waals surface area contributed by atoms with Crippen molar-refractivity contribution in [1.29, 1.82) is 0 Å². The van der Waals surface area contributed by atoms with Gasteiger partial charge in [-0.25, -0.2) is 4.39 Å². The normalized spacial score (nSPS) is 10.8. The summed E-state index contributed by atoms with van der Waals surface area (Å²) in [5.41, 5.74) is 2.56. The van der Waals surface area contributed by atoms with Crippen LogP contribution in [-0.4, -0.2) is 21.3 Å².